The maximum atomic E-state index is 0. The Balaban J connectivity index is 0. The molecule has 4 heteroatoms. The maximum absolute atomic E-state index is 0. The van der Waals surface area contributed by atoms with Crippen LogP contribution in [-0.4, -0.2) is 0 Å². The first-order valence-corrected chi connectivity index (χ1v) is 0. The van der Waals surface area contributed by atoms with Crippen LogP contribution in [0.4, 0.5) is 0 Å². The van der Waals surface area contributed by atoms with E-state index >= 15 is 0 Å². The third-order valence-electron chi connectivity index (χ3n) is 0. The summed E-state index contributed by atoms with van der Waals surface area (Å²) in [6, 6.07) is 0. The van der Waals surface area contributed by atoms with Crippen molar-refractivity contribution >= 4 is 0 Å². The molecule has 0 aromatic carbocycles. The molecule has 33 valence electrons. The van der Waals surface area contributed by atoms with E-state index in [4.69, 9.17) is 0 Å². The van der Waals surface area contributed by atoms with Gasteiger partial charge in [0, 0.05) is 56.8 Å². The predicted octanol–water partition coefficient (Wildman–Crippen LogP) is -0.488. The van der Waals surface area contributed by atoms with E-state index in [0.717, 1.165) is 0 Å². The summed E-state index contributed by atoms with van der Waals surface area (Å²) >= 11 is 0. The van der Waals surface area contributed by atoms with E-state index < -0.39 is 0 Å². The Morgan fingerprint density at radius 2 is 1.00 bits per heavy atom. The van der Waals surface area contributed by atoms with Crippen molar-refractivity contribution in [3.8, 4) is 0 Å². The molecule has 0 amide bonds. The third-order valence-corrected chi connectivity index (χ3v) is 0. The average molecular weight is 191 g/mol. The smallest absolute Gasteiger partial charge is 0 e. The molecular formula is CuMnNNi. The Morgan fingerprint density at radius 1 is 1.00 bits per heavy atom. The van der Waals surface area contributed by atoms with E-state index in [0.29, 0.717) is 0 Å². The Kier molecular flexibility index (Phi) is 306. The summed E-state index contributed by atoms with van der Waals surface area (Å²) in [5.74, 6) is 0. The van der Waals surface area contributed by atoms with Gasteiger partial charge in [0.2, 0.25) is 0 Å². The van der Waals surface area contributed by atoms with E-state index in [1.807, 2.05) is 0 Å². The van der Waals surface area contributed by atoms with Gasteiger partial charge in [0.15, 0.2) is 0 Å². The maximum Gasteiger partial charge on any atom is 0 e. The van der Waals surface area contributed by atoms with Gasteiger partial charge in [-0.25, -0.2) is 0 Å². The van der Waals surface area contributed by atoms with Crippen LogP contribution in [0, 0.1) is 0 Å². The van der Waals surface area contributed by atoms with Crippen molar-refractivity contribution in [2.24, 2.45) is 0 Å². The van der Waals surface area contributed by atoms with Gasteiger partial charge in [0.05, 0.1) is 0 Å². The van der Waals surface area contributed by atoms with Crippen molar-refractivity contribution in [2.45, 2.75) is 0 Å². The van der Waals surface area contributed by atoms with Gasteiger partial charge in [-0.3, -0.25) is 0 Å². The Hall–Kier alpha value is 1.49. The van der Waals surface area contributed by atoms with Crippen molar-refractivity contribution in [2.75, 3.05) is 0 Å². The standard InChI is InChI=1S/Cu.Mn.N.Ni. The van der Waals surface area contributed by atoms with Crippen LogP contribution in [0.1, 0.15) is 0 Å². The minimum atomic E-state index is 0. The fraction of sp³-hybridized carbons (Fsp3) is 0. The quantitative estimate of drug-likeness (QED) is 0.463. The van der Waals surface area contributed by atoms with Gasteiger partial charge in [0.1, 0.15) is 0 Å². The minimum absolute atomic E-state index is 0. The fourth-order valence-corrected chi connectivity index (χ4v) is 0. The third kappa shape index (κ3) is 9.74. The van der Waals surface area contributed by atoms with Crippen LogP contribution in [0.25, 0.3) is 0 Å². The Morgan fingerprint density at radius 3 is 1.00 bits per heavy atom. The summed E-state index contributed by atoms with van der Waals surface area (Å²) in [7, 11) is 0. The zero-order chi connectivity index (χ0) is 0. The van der Waals surface area contributed by atoms with Gasteiger partial charge < -0.3 is 0 Å². The summed E-state index contributed by atoms with van der Waals surface area (Å²) in [4.78, 5) is 0. The topological polar surface area (TPSA) is 30.5 Å². The molecule has 4 heavy (non-hydrogen) atoms. The van der Waals surface area contributed by atoms with E-state index in [1.54, 1.807) is 0 Å². The molecule has 0 unspecified atom stereocenters. The molecule has 0 atom stereocenters. The molecule has 0 aliphatic carbocycles. The van der Waals surface area contributed by atoms with Crippen molar-refractivity contribution in [1.29, 1.82) is 0 Å². The Labute approximate surface area is 56.7 Å². The second-order valence-corrected chi connectivity index (χ2v) is 0. The molecule has 0 aliphatic rings. The summed E-state index contributed by atoms with van der Waals surface area (Å²) in [6.07, 6.45) is 0. The molecule has 0 heterocycles. The van der Waals surface area contributed by atoms with Crippen molar-refractivity contribution in [3.05, 3.63) is 0 Å². The van der Waals surface area contributed by atoms with Crippen LogP contribution < -0.4 is 6.15 Å². The zero-order valence-electron chi connectivity index (χ0n) is 1.44. The van der Waals surface area contributed by atoms with Crippen molar-refractivity contribution in [3.63, 3.8) is 0 Å². The van der Waals surface area contributed by atoms with Gasteiger partial charge in [-0.1, -0.05) is 0 Å². The molecule has 0 aliphatic heterocycles. The van der Waals surface area contributed by atoms with Gasteiger partial charge in [-0.15, -0.1) is 0 Å². The molecule has 0 N–H and O–H groups in total. The molecule has 0 aromatic rings. The zero-order valence-corrected chi connectivity index (χ0v) is 4.55. The van der Waals surface area contributed by atoms with E-state index in [9.17, 15) is 0 Å². The molecule has 0 spiro atoms. The minimum Gasteiger partial charge on any atom is 0 e. The first-order valence-electron chi connectivity index (χ1n) is 0. The van der Waals surface area contributed by atoms with Gasteiger partial charge in [-0.05, 0) is 0 Å². The van der Waals surface area contributed by atoms with E-state index in [2.05, 4.69) is 0 Å². The van der Waals surface area contributed by atoms with Crippen LogP contribution >= 0.6 is 0 Å². The fourth-order valence-electron chi connectivity index (χ4n) is 0. The molecule has 0 aromatic heterocycles. The van der Waals surface area contributed by atoms with Crippen LogP contribution in [0.15, 0.2) is 0 Å². The average Bonchev–Trinajstić information content (AvgIpc) is 0. The molecule has 5 radical (unpaired) electrons. The molecule has 0 saturated heterocycles. The Bertz CT molecular complexity index is 8.00. The number of nitrogens with zero attached hydrogens (tertiary/aromatic N) is 1. The number of rotatable bonds is 0. The van der Waals surface area contributed by atoms with Crippen LogP contribution in [0.2, 0.25) is 0 Å². The predicted molar refractivity (Wildman–Crippen MR) is 2.13 cm³/mol. The number of hydrogen-bond donors (Lipinski definition) is 0. The first-order chi connectivity index (χ1) is 0. The van der Waals surface area contributed by atoms with Crippen molar-refractivity contribution < 1.29 is 50.6 Å². The van der Waals surface area contributed by atoms with Crippen LogP contribution in [-0.2, 0) is 50.6 Å². The van der Waals surface area contributed by atoms with Crippen LogP contribution in [0.3, 0.4) is 0 Å². The molecule has 0 bridgehead atoms. The second-order valence-electron chi connectivity index (χ2n) is 0. The van der Waals surface area contributed by atoms with Gasteiger partial charge in [0.25, 0.3) is 0 Å². The summed E-state index contributed by atoms with van der Waals surface area (Å²) in [5, 5.41) is 0. The largest absolute Gasteiger partial charge is 0 e. The molecule has 0 rings (SSSR count). The normalized spacial score (nSPS) is 0. The monoisotopic (exact) mass is 190 g/mol. The van der Waals surface area contributed by atoms with E-state index in [-0.39, 0.29) is 56.8 Å². The molecule has 1 nitrogen and oxygen atoms in total. The first kappa shape index (κ1) is 49.8. The summed E-state index contributed by atoms with van der Waals surface area (Å²) in [6.45, 7) is 0. The van der Waals surface area contributed by atoms with Crippen LogP contribution in [0.5, 0.6) is 0 Å². The van der Waals surface area contributed by atoms with Gasteiger partial charge >= 0.3 is 0 Å². The molecule has 0 saturated carbocycles. The van der Waals surface area contributed by atoms with Gasteiger partial charge in [-0.2, -0.15) is 0 Å². The second kappa shape index (κ2) is 24.6. The molecule has 0 fully saturated rings. The molecular weight excluding hydrogens is 191 g/mol. The van der Waals surface area contributed by atoms with Crippen molar-refractivity contribution in [1.82, 2.24) is 6.15 Å². The SMILES string of the molecule is [Cu].[Mn].[N].[Ni]. The summed E-state index contributed by atoms with van der Waals surface area (Å²) < 4.78 is 0. The summed E-state index contributed by atoms with van der Waals surface area (Å²) in [5.41, 5.74) is 0. The number of hydrogen-bond acceptors (Lipinski definition) is 0. The van der Waals surface area contributed by atoms with E-state index in [1.165, 1.54) is 0 Å².